The SMILES string of the molecule is CCN(C[C@@H](COC(=O)[C@H](C)N)OC(C)C)S(C)(=O)=O. The molecule has 0 aromatic heterocycles. The first kappa shape index (κ1) is 19.3. The van der Waals surface area contributed by atoms with Gasteiger partial charge >= 0.3 is 5.97 Å². The Morgan fingerprint density at radius 1 is 1.30 bits per heavy atom. The average Bonchev–Trinajstić information content (AvgIpc) is 2.29. The van der Waals surface area contributed by atoms with E-state index in [2.05, 4.69) is 0 Å². The third-order valence-electron chi connectivity index (χ3n) is 2.48. The molecule has 0 aliphatic carbocycles. The number of ether oxygens (including phenoxy) is 2. The van der Waals surface area contributed by atoms with Crippen molar-refractivity contribution in [2.45, 2.75) is 45.9 Å². The highest BCUT2D eigenvalue weighted by atomic mass is 32.2. The van der Waals surface area contributed by atoms with Gasteiger partial charge in [0.25, 0.3) is 0 Å². The second kappa shape index (κ2) is 8.56. The monoisotopic (exact) mass is 310 g/mol. The lowest BCUT2D eigenvalue weighted by Gasteiger charge is -2.26. The van der Waals surface area contributed by atoms with E-state index in [0.29, 0.717) is 6.54 Å². The van der Waals surface area contributed by atoms with Gasteiger partial charge in [-0.25, -0.2) is 8.42 Å². The van der Waals surface area contributed by atoms with Crippen LogP contribution in [-0.2, 0) is 24.3 Å². The van der Waals surface area contributed by atoms with Crippen molar-refractivity contribution in [3.05, 3.63) is 0 Å². The molecular formula is C12H26N2O5S. The van der Waals surface area contributed by atoms with Crippen molar-refractivity contribution in [2.75, 3.05) is 26.0 Å². The number of rotatable bonds is 9. The standard InChI is InChI=1S/C12H26N2O5S/c1-6-14(20(5,16)17)7-11(19-9(2)3)8-18-12(15)10(4)13/h9-11H,6-8,13H2,1-5H3/t10-,11-/m0/s1. The maximum absolute atomic E-state index is 11.6. The van der Waals surface area contributed by atoms with Crippen LogP contribution in [0, 0.1) is 0 Å². The Morgan fingerprint density at radius 2 is 1.85 bits per heavy atom. The molecule has 0 spiro atoms. The molecule has 8 heteroatoms. The van der Waals surface area contributed by atoms with Crippen LogP contribution < -0.4 is 5.73 Å². The molecule has 0 aromatic carbocycles. The van der Waals surface area contributed by atoms with Crippen LogP contribution in [0.5, 0.6) is 0 Å². The summed E-state index contributed by atoms with van der Waals surface area (Å²) in [4.78, 5) is 11.4. The van der Waals surface area contributed by atoms with Gasteiger partial charge in [-0.05, 0) is 20.8 Å². The molecule has 20 heavy (non-hydrogen) atoms. The molecule has 0 amide bonds. The molecule has 0 aromatic rings. The lowest BCUT2D eigenvalue weighted by molar-refractivity contribution is -0.150. The Hall–Kier alpha value is -0.700. The van der Waals surface area contributed by atoms with Gasteiger partial charge in [0.2, 0.25) is 10.0 Å². The molecular weight excluding hydrogens is 284 g/mol. The summed E-state index contributed by atoms with van der Waals surface area (Å²) in [6.07, 6.45) is 0.510. The van der Waals surface area contributed by atoms with Crippen molar-refractivity contribution in [2.24, 2.45) is 5.73 Å². The first-order valence-corrected chi connectivity index (χ1v) is 8.45. The van der Waals surface area contributed by atoms with E-state index in [-0.39, 0.29) is 19.3 Å². The number of hydrogen-bond donors (Lipinski definition) is 1. The number of esters is 1. The van der Waals surface area contributed by atoms with Crippen molar-refractivity contribution in [3.8, 4) is 0 Å². The summed E-state index contributed by atoms with van der Waals surface area (Å²) in [5.74, 6) is -0.537. The highest BCUT2D eigenvalue weighted by molar-refractivity contribution is 7.88. The Bertz CT molecular complexity index is 395. The van der Waals surface area contributed by atoms with E-state index >= 15 is 0 Å². The van der Waals surface area contributed by atoms with Gasteiger partial charge in [0.15, 0.2) is 0 Å². The van der Waals surface area contributed by atoms with E-state index in [1.807, 2.05) is 13.8 Å². The number of nitrogens with zero attached hydrogens (tertiary/aromatic N) is 1. The van der Waals surface area contributed by atoms with Crippen molar-refractivity contribution in [3.63, 3.8) is 0 Å². The van der Waals surface area contributed by atoms with Gasteiger partial charge in [0.05, 0.1) is 12.4 Å². The predicted octanol–water partition coefficient (Wildman–Crippen LogP) is -0.0481. The van der Waals surface area contributed by atoms with Gasteiger partial charge in [0, 0.05) is 13.1 Å². The highest BCUT2D eigenvalue weighted by Crippen LogP contribution is 2.06. The molecule has 120 valence electrons. The van der Waals surface area contributed by atoms with Crippen LogP contribution in [0.1, 0.15) is 27.7 Å². The highest BCUT2D eigenvalue weighted by Gasteiger charge is 2.23. The summed E-state index contributed by atoms with van der Waals surface area (Å²) in [5, 5.41) is 0. The fourth-order valence-electron chi connectivity index (χ4n) is 1.55. The molecule has 0 aliphatic rings. The van der Waals surface area contributed by atoms with Gasteiger partial charge in [0.1, 0.15) is 18.8 Å². The molecule has 0 aliphatic heterocycles. The van der Waals surface area contributed by atoms with Gasteiger partial charge in [-0.3, -0.25) is 4.79 Å². The molecule has 2 N–H and O–H groups in total. The third-order valence-corrected chi connectivity index (χ3v) is 3.82. The molecule has 7 nitrogen and oxygen atoms in total. The van der Waals surface area contributed by atoms with Gasteiger partial charge < -0.3 is 15.2 Å². The third kappa shape index (κ3) is 7.78. The minimum absolute atomic E-state index is 0.0232. The number of likely N-dealkylation sites (N-methyl/N-ethyl adjacent to an activating group) is 1. The van der Waals surface area contributed by atoms with E-state index in [1.54, 1.807) is 6.92 Å². The van der Waals surface area contributed by atoms with Crippen molar-refractivity contribution in [1.82, 2.24) is 4.31 Å². The summed E-state index contributed by atoms with van der Waals surface area (Å²) in [7, 11) is -3.31. The Morgan fingerprint density at radius 3 is 2.20 bits per heavy atom. The van der Waals surface area contributed by atoms with E-state index < -0.39 is 28.1 Å². The van der Waals surface area contributed by atoms with Gasteiger partial charge in [-0.1, -0.05) is 6.92 Å². The lowest BCUT2D eigenvalue weighted by atomic mass is 10.3. The van der Waals surface area contributed by atoms with Crippen LogP contribution in [0.2, 0.25) is 0 Å². The van der Waals surface area contributed by atoms with E-state index in [9.17, 15) is 13.2 Å². The maximum Gasteiger partial charge on any atom is 0.322 e. The maximum atomic E-state index is 11.6. The van der Waals surface area contributed by atoms with Gasteiger partial charge in [-0.15, -0.1) is 0 Å². The predicted molar refractivity (Wildman–Crippen MR) is 76.7 cm³/mol. The summed E-state index contributed by atoms with van der Waals surface area (Å²) in [5.41, 5.74) is 5.40. The van der Waals surface area contributed by atoms with E-state index in [1.165, 1.54) is 11.2 Å². The zero-order valence-electron chi connectivity index (χ0n) is 12.8. The molecule has 0 heterocycles. The van der Waals surface area contributed by atoms with Crippen LogP contribution in [0.15, 0.2) is 0 Å². The minimum atomic E-state index is -3.31. The molecule has 0 saturated heterocycles. The van der Waals surface area contributed by atoms with E-state index in [0.717, 1.165) is 6.26 Å². The lowest BCUT2D eigenvalue weighted by Crippen LogP contribution is -2.42. The van der Waals surface area contributed by atoms with Crippen molar-refractivity contribution >= 4 is 16.0 Å². The number of sulfonamides is 1. The summed E-state index contributed by atoms with van der Waals surface area (Å²) < 4.78 is 35.0. The van der Waals surface area contributed by atoms with Crippen LogP contribution in [0.25, 0.3) is 0 Å². The van der Waals surface area contributed by atoms with Crippen LogP contribution in [0.4, 0.5) is 0 Å². The second-order valence-electron chi connectivity index (χ2n) is 4.94. The second-order valence-corrected chi connectivity index (χ2v) is 6.92. The zero-order chi connectivity index (χ0) is 15.9. The van der Waals surface area contributed by atoms with E-state index in [4.69, 9.17) is 15.2 Å². The summed E-state index contributed by atoms with van der Waals surface area (Å²) in [6, 6.07) is -0.716. The largest absolute Gasteiger partial charge is 0.462 e. The molecule has 0 unspecified atom stereocenters. The van der Waals surface area contributed by atoms with Crippen molar-refractivity contribution in [1.29, 1.82) is 0 Å². The topological polar surface area (TPSA) is 98.9 Å². The number of carbonyl (C=O) groups is 1. The minimum Gasteiger partial charge on any atom is -0.462 e. The molecule has 0 fully saturated rings. The van der Waals surface area contributed by atoms with Crippen LogP contribution in [0.3, 0.4) is 0 Å². The first-order chi connectivity index (χ1) is 9.07. The molecule has 0 radical (unpaired) electrons. The number of hydrogen-bond acceptors (Lipinski definition) is 6. The Kier molecular flexibility index (Phi) is 8.26. The fourth-order valence-corrected chi connectivity index (χ4v) is 2.46. The first-order valence-electron chi connectivity index (χ1n) is 6.60. The normalized spacial score (nSPS) is 15.4. The zero-order valence-corrected chi connectivity index (χ0v) is 13.6. The molecule has 0 rings (SSSR count). The Labute approximate surface area is 121 Å². The quantitative estimate of drug-likeness (QED) is 0.600. The van der Waals surface area contributed by atoms with Gasteiger partial charge in [-0.2, -0.15) is 4.31 Å². The average molecular weight is 310 g/mol. The molecule has 2 atom stereocenters. The summed E-state index contributed by atoms with van der Waals surface area (Å²) in [6.45, 7) is 7.37. The molecule has 0 bridgehead atoms. The number of carbonyl (C=O) groups excluding carboxylic acids is 1. The molecule has 0 saturated carbocycles. The summed E-state index contributed by atoms with van der Waals surface area (Å²) >= 11 is 0. The fraction of sp³-hybridized carbons (Fsp3) is 0.917. The Balaban J connectivity index is 4.67. The van der Waals surface area contributed by atoms with Crippen molar-refractivity contribution < 1.29 is 22.7 Å². The number of nitrogens with two attached hydrogens (primary N) is 1. The van der Waals surface area contributed by atoms with Crippen LogP contribution in [-0.4, -0.2) is 62.9 Å². The smallest absolute Gasteiger partial charge is 0.322 e. The van der Waals surface area contributed by atoms with Crippen LogP contribution >= 0.6 is 0 Å².